The van der Waals surface area contributed by atoms with Crippen molar-refractivity contribution >= 4 is 33.9 Å². The largest absolute Gasteiger partial charge is 0.394 e. The van der Waals surface area contributed by atoms with E-state index in [1.807, 2.05) is 0 Å². The summed E-state index contributed by atoms with van der Waals surface area (Å²) in [7, 11) is 0. The molecule has 0 spiro atoms. The molecule has 0 aliphatic heterocycles. The second-order valence-corrected chi connectivity index (χ2v) is 6.18. The maximum Gasteiger partial charge on any atom is 0.269 e. The van der Waals surface area contributed by atoms with Gasteiger partial charge in [0.2, 0.25) is 0 Å². The Hall–Kier alpha value is -2.74. The summed E-state index contributed by atoms with van der Waals surface area (Å²) in [4.78, 5) is 14.5. The van der Waals surface area contributed by atoms with Gasteiger partial charge in [0.05, 0.1) is 23.1 Å². The van der Waals surface area contributed by atoms with Gasteiger partial charge in [-0.15, -0.1) is 0 Å². The molecule has 0 radical (unpaired) electrons. The number of non-ortho nitro benzene ring substituents is 1. The lowest BCUT2D eigenvalue weighted by Gasteiger charge is -2.24. The average Bonchev–Trinajstić information content (AvgIpc) is 2.65. The minimum absolute atomic E-state index is 0.0635. The number of nitro benzene ring substituents is 1. The highest BCUT2D eigenvalue weighted by atomic mass is 35.5. The van der Waals surface area contributed by atoms with E-state index in [-0.39, 0.29) is 12.3 Å². The van der Waals surface area contributed by atoms with Crippen LogP contribution in [0.5, 0.6) is 0 Å². The molecule has 0 saturated heterocycles. The summed E-state index contributed by atoms with van der Waals surface area (Å²) in [6.45, 7) is -0.338. The lowest BCUT2D eigenvalue weighted by Crippen LogP contribution is -2.31. The molecule has 3 aromatic rings. The number of aliphatic hydroxyl groups is 2. The number of benzene rings is 2. The molecule has 1 heterocycles. The number of aliphatic hydroxyl groups excluding tert-OH is 2. The molecule has 7 nitrogen and oxygen atoms in total. The Kier molecular flexibility index (Phi) is 5.32. The summed E-state index contributed by atoms with van der Waals surface area (Å²) < 4.78 is 0. The van der Waals surface area contributed by atoms with Crippen molar-refractivity contribution < 1.29 is 15.1 Å². The quantitative estimate of drug-likeness (QED) is 0.452. The average molecular weight is 374 g/mol. The number of nitro groups is 1. The standard InChI is InChI=1S/C18H16ClN3O4/c19-12-3-6-14-15(7-8-20-16(14)9-12)21-17(10-23)18(24)11-1-4-13(5-2-11)22(25)26/h1-9,17-18,23-24H,10H2,(H,20,21)/t17-,18+/m1/s1. The molecule has 8 heteroatoms. The van der Waals surface area contributed by atoms with Gasteiger partial charge in [-0.2, -0.15) is 0 Å². The van der Waals surface area contributed by atoms with Gasteiger partial charge in [0, 0.05) is 34.4 Å². The van der Waals surface area contributed by atoms with Crippen molar-refractivity contribution in [1.29, 1.82) is 0 Å². The summed E-state index contributed by atoms with van der Waals surface area (Å²) >= 11 is 5.98. The van der Waals surface area contributed by atoms with Gasteiger partial charge in [-0.05, 0) is 42.0 Å². The number of halogens is 1. The molecule has 2 atom stereocenters. The maximum atomic E-state index is 10.7. The molecule has 3 rings (SSSR count). The first-order valence-electron chi connectivity index (χ1n) is 7.83. The van der Waals surface area contributed by atoms with Crippen molar-refractivity contribution in [3.8, 4) is 0 Å². The van der Waals surface area contributed by atoms with Crippen LogP contribution in [-0.4, -0.2) is 32.8 Å². The van der Waals surface area contributed by atoms with Crippen molar-refractivity contribution in [1.82, 2.24) is 4.98 Å². The van der Waals surface area contributed by atoms with Crippen LogP contribution in [0, 0.1) is 10.1 Å². The smallest absolute Gasteiger partial charge is 0.269 e. The first-order valence-corrected chi connectivity index (χ1v) is 8.21. The van der Waals surface area contributed by atoms with Gasteiger partial charge in [0.25, 0.3) is 5.69 Å². The minimum Gasteiger partial charge on any atom is -0.394 e. The summed E-state index contributed by atoms with van der Waals surface area (Å²) in [5, 5.41) is 35.5. The zero-order valence-electron chi connectivity index (χ0n) is 13.5. The van der Waals surface area contributed by atoms with E-state index < -0.39 is 17.1 Å². The third-order valence-corrected chi connectivity index (χ3v) is 4.30. The van der Waals surface area contributed by atoms with E-state index in [9.17, 15) is 20.3 Å². The lowest BCUT2D eigenvalue weighted by molar-refractivity contribution is -0.384. The van der Waals surface area contributed by atoms with Crippen molar-refractivity contribution in [2.75, 3.05) is 11.9 Å². The van der Waals surface area contributed by atoms with Gasteiger partial charge in [-0.25, -0.2) is 0 Å². The highest BCUT2D eigenvalue weighted by Gasteiger charge is 2.21. The summed E-state index contributed by atoms with van der Waals surface area (Å²) in [5.74, 6) is 0. The van der Waals surface area contributed by atoms with Gasteiger partial charge >= 0.3 is 0 Å². The van der Waals surface area contributed by atoms with Crippen LogP contribution >= 0.6 is 11.6 Å². The lowest BCUT2D eigenvalue weighted by atomic mass is 10.0. The number of nitrogens with one attached hydrogen (secondary N) is 1. The van der Waals surface area contributed by atoms with Crippen LogP contribution in [0.4, 0.5) is 11.4 Å². The Bertz CT molecular complexity index is 933. The molecule has 0 fully saturated rings. The first-order chi connectivity index (χ1) is 12.5. The van der Waals surface area contributed by atoms with E-state index in [1.165, 1.54) is 24.3 Å². The molecule has 26 heavy (non-hydrogen) atoms. The van der Waals surface area contributed by atoms with E-state index in [0.717, 1.165) is 5.39 Å². The Balaban J connectivity index is 1.86. The fraction of sp³-hybridized carbons (Fsp3) is 0.167. The van der Waals surface area contributed by atoms with E-state index in [1.54, 1.807) is 30.5 Å². The number of nitrogens with zero attached hydrogens (tertiary/aromatic N) is 2. The molecular weight excluding hydrogens is 358 g/mol. The molecule has 0 amide bonds. The third-order valence-electron chi connectivity index (χ3n) is 4.07. The predicted molar refractivity (Wildman–Crippen MR) is 99.3 cm³/mol. The number of hydrogen-bond acceptors (Lipinski definition) is 6. The number of anilines is 1. The van der Waals surface area contributed by atoms with E-state index in [2.05, 4.69) is 10.3 Å². The number of hydrogen-bond donors (Lipinski definition) is 3. The first kappa shape index (κ1) is 18.1. The highest BCUT2D eigenvalue weighted by molar-refractivity contribution is 6.31. The third kappa shape index (κ3) is 3.75. The summed E-state index contributed by atoms with van der Waals surface area (Å²) in [6.07, 6.45) is 0.546. The molecule has 0 aliphatic rings. The molecular formula is C18H16ClN3O4. The van der Waals surface area contributed by atoms with E-state index in [4.69, 9.17) is 11.6 Å². The van der Waals surface area contributed by atoms with Gasteiger partial charge in [-0.1, -0.05) is 11.6 Å². The zero-order valence-corrected chi connectivity index (χ0v) is 14.3. The van der Waals surface area contributed by atoms with Crippen LogP contribution in [0.3, 0.4) is 0 Å². The van der Waals surface area contributed by atoms with Crippen molar-refractivity contribution in [3.63, 3.8) is 0 Å². The molecule has 0 aliphatic carbocycles. The molecule has 1 aromatic heterocycles. The summed E-state index contributed by atoms with van der Waals surface area (Å²) in [5.41, 5.74) is 1.77. The molecule has 0 unspecified atom stereocenters. The minimum atomic E-state index is -1.06. The van der Waals surface area contributed by atoms with Gasteiger partial charge in [0.1, 0.15) is 6.10 Å². The number of pyridine rings is 1. The van der Waals surface area contributed by atoms with Crippen molar-refractivity contribution in [3.05, 3.63) is 75.4 Å². The normalized spacial score (nSPS) is 13.3. The van der Waals surface area contributed by atoms with Crippen molar-refractivity contribution in [2.24, 2.45) is 0 Å². The highest BCUT2D eigenvalue weighted by Crippen LogP contribution is 2.28. The fourth-order valence-corrected chi connectivity index (χ4v) is 2.86. The maximum absolute atomic E-state index is 10.7. The molecule has 134 valence electrons. The summed E-state index contributed by atoms with van der Waals surface area (Å²) in [6, 6.07) is 11.9. The zero-order chi connectivity index (χ0) is 18.7. The second kappa shape index (κ2) is 7.65. The van der Waals surface area contributed by atoms with E-state index >= 15 is 0 Å². The Morgan fingerprint density at radius 1 is 1.19 bits per heavy atom. The monoisotopic (exact) mass is 373 g/mol. The van der Waals surface area contributed by atoms with Crippen LogP contribution in [0.1, 0.15) is 11.7 Å². The number of fused-ring (bicyclic) bond motifs is 1. The van der Waals surface area contributed by atoms with Crippen molar-refractivity contribution in [2.45, 2.75) is 12.1 Å². The molecule has 3 N–H and O–H groups in total. The van der Waals surface area contributed by atoms with Gasteiger partial charge in [-0.3, -0.25) is 15.1 Å². The number of rotatable bonds is 6. The topological polar surface area (TPSA) is 109 Å². The van der Waals surface area contributed by atoms with Gasteiger partial charge < -0.3 is 15.5 Å². The Morgan fingerprint density at radius 2 is 1.92 bits per heavy atom. The fourth-order valence-electron chi connectivity index (χ4n) is 2.70. The SMILES string of the molecule is O=[N+]([O-])c1ccc([C@H](O)[C@@H](CO)Nc2ccnc3cc(Cl)ccc23)cc1. The molecule has 0 saturated carbocycles. The van der Waals surface area contributed by atoms with Gasteiger partial charge in [0.15, 0.2) is 0 Å². The number of aromatic nitrogens is 1. The molecule has 0 bridgehead atoms. The predicted octanol–water partition coefficient (Wildman–Crippen LogP) is 3.30. The van der Waals surface area contributed by atoms with Crippen LogP contribution in [0.2, 0.25) is 5.02 Å². The van der Waals surface area contributed by atoms with Crippen LogP contribution in [0.25, 0.3) is 10.9 Å². The molecule has 2 aromatic carbocycles. The van der Waals surface area contributed by atoms with Crippen LogP contribution in [0.15, 0.2) is 54.7 Å². The van der Waals surface area contributed by atoms with Crippen LogP contribution in [-0.2, 0) is 0 Å². The second-order valence-electron chi connectivity index (χ2n) is 5.75. The van der Waals surface area contributed by atoms with E-state index in [0.29, 0.717) is 21.8 Å². The Labute approximate surface area is 154 Å². The Morgan fingerprint density at radius 3 is 2.58 bits per heavy atom. The van der Waals surface area contributed by atoms with Crippen LogP contribution < -0.4 is 5.32 Å².